The second-order valence-corrected chi connectivity index (χ2v) is 7.97. The molecule has 0 unspecified atom stereocenters. The Balaban J connectivity index is 1.67. The van der Waals surface area contributed by atoms with Gasteiger partial charge in [0.15, 0.2) is 0 Å². The molecule has 0 atom stereocenters. The van der Waals surface area contributed by atoms with Gasteiger partial charge >= 0.3 is 5.97 Å². The van der Waals surface area contributed by atoms with Gasteiger partial charge in [0.25, 0.3) is 0 Å². The summed E-state index contributed by atoms with van der Waals surface area (Å²) >= 11 is 0. The smallest absolute Gasteiger partial charge is 0.338 e. The lowest BCUT2D eigenvalue weighted by molar-refractivity contribution is 0.0211. The van der Waals surface area contributed by atoms with Gasteiger partial charge in [0.1, 0.15) is 6.10 Å². The fourth-order valence-corrected chi connectivity index (χ4v) is 4.66. The van der Waals surface area contributed by atoms with Crippen LogP contribution in [-0.2, 0) is 14.8 Å². The molecule has 0 amide bonds. The zero-order valence-corrected chi connectivity index (χ0v) is 13.3. The zero-order chi connectivity index (χ0) is 15.6. The summed E-state index contributed by atoms with van der Waals surface area (Å²) in [5.74, 6) is -0.124. The molecular formula is C16H21NO4S. The van der Waals surface area contributed by atoms with Crippen LogP contribution < -0.4 is 4.31 Å². The lowest BCUT2D eigenvalue weighted by atomic mass is 9.98. The maximum Gasteiger partial charge on any atom is 0.338 e. The molecule has 0 N–H and O–H groups in total. The second-order valence-electron chi connectivity index (χ2n) is 5.95. The van der Waals surface area contributed by atoms with Crippen LogP contribution in [0.3, 0.4) is 0 Å². The molecule has 0 radical (unpaired) electrons. The van der Waals surface area contributed by atoms with Crippen LogP contribution in [0, 0.1) is 0 Å². The second kappa shape index (κ2) is 6.28. The molecule has 0 spiro atoms. The molecule has 120 valence electrons. The van der Waals surface area contributed by atoms with Crippen LogP contribution in [0.15, 0.2) is 24.3 Å². The van der Waals surface area contributed by atoms with E-state index in [1.165, 1.54) is 10.7 Å². The normalized spacial score (nSPS) is 21.7. The SMILES string of the molecule is O=C(OC1CCCCC1)c1ccc(N2CCCS2(=O)=O)cc1. The monoisotopic (exact) mass is 323 g/mol. The van der Waals surface area contributed by atoms with Crippen molar-refractivity contribution < 1.29 is 17.9 Å². The molecule has 1 saturated heterocycles. The van der Waals surface area contributed by atoms with Gasteiger partial charge in [0.05, 0.1) is 17.0 Å². The van der Waals surface area contributed by atoms with Crippen LogP contribution in [0.4, 0.5) is 5.69 Å². The van der Waals surface area contributed by atoms with Crippen molar-refractivity contribution in [3.05, 3.63) is 29.8 Å². The summed E-state index contributed by atoms with van der Waals surface area (Å²) in [6, 6.07) is 6.66. The summed E-state index contributed by atoms with van der Waals surface area (Å²) in [6.45, 7) is 0.508. The van der Waals surface area contributed by atoms with Gasteiger partial charge < -0.3 is 4.74 Å². The van der Waals surface area contributed by atoms with Crippen molar-refractivity contribution in [1.82, 2.24) is 0 Å². The molecule has 3 rings (SSSR count). The highest BCUT2D eigenvalue weighted by Gasteiger charge is 2.28. The van der Waals surface area contributed by atoms with Crippen molar-refractivity contribution >= 4 is 21.7 Å². The van der Waals surface area contributed by atoms with Crippen LogP contribution in [0.1, 0.15) is 48.9 Å². The third kappa shape index (κ3) is 3.27. The molecule has 2 aliphatic rings. The Kier molecular flexibility index (Phi) is 4.38. The van der Waals surface area contributed by atoms with E-state index in [1.54, 1.807) is 24.3 Å². The number of sulfonamides is 1. The van der Waals surface area contributed by atoms with Crippen LogP contribution in [0.2, 0.25) is 0 Å². The van der Waals surface area contributed by atoms with Gasteiger partial charge in [-0.1, -0.05) is 6.42 Å². The molecule has 22 heavy (non-hydrogen) atoms. The van der Waals surface area contributed by atoms with Gasteiger partial charge in [-0.25, -0.2) is 13.2 Å². The molecule has 1 aliphatic heterocycles. The van der Waals surface area contributed by atoms with Gasteiger partial charge in [-0.15, -0.1) is 0 Å². The lowest BCUT2D eigenvalue weighted by Crippen LogP contribution is -2.25. The molecule has 0 aromatic heterocycles. The van der Waals surface area contributed by atoms with Crippen molar-refractivity contribution in [2.24, 2.45) is 0 Å². The minimum absolute atomic E-state index is 0.0277. The van der Waals surface area contributed by atoms with Crippen molar-refractivity contribution in [3.8, 4) is 0 Å². The van der Waals surface area contributed by atoms with Gasteiger partial charge in [0, 0.05) is 6.54 Å². The molecule has 0 bridgehead atoms. The number of ether oxygens (including phenoxy) is 1. The van der Waals surface area contributed by atoms with E-state index in [1.807, 2.05) is 0 Å². The van der Waals surface area contributed by atoms with Crippen LogP contribution in [-0.4, -0.2) is 32.8 Å². The molecule has 1 saturated carbocycles. The number of rotatable bonds is 3. The maximum absolute atomic E-state index is 12.1. The number of hydrogen-bond donors (Lipinski definition) is 0. The highest BCUT2D eigenvalue weighted by atomic mass is 32.2. The van der Waals surface area contributed by atoms with Crippen LogP contribution >= 0.6 is 0 Å². The number of hydrogen-bond acceptors (Lipinski definition) is 4. The van der Waals surface area contributed by atoms with E-state index in [2.05, 4.69) is 0 Å². The Hall–Kier alpha value is -1.56. The van der Waals surface area contributed by atoms with Crippen LogP contribution in [0.5, 0.6) is 0 Å². The summed E-state index contributed by atoms with van der Waals surface area (Å²) in [4.78, 5) is 12.1. The standard InChI is InChI=1S/C16H21NO4S/c18-16(21-15-5-2-1-3-6-15)13-7-9-14(10-8-13)17-11-4-12-22(17,19)20/h7-10,15H,1-6,11-12H2. The van der Waals surface area contributed by atoms with Gasteiger partial charge in [-0.2, -0.15) is 0 Å². The largest absolute Gasteiger partial charge is 0.459 e. The first kappa shape index (κ1) is 15.3. The van der Waals surface area contributed by atoms with Crippen molar-refractivity contribution in [2.75, 3.05) is 16.6 Å². The maximum atomic E-state index is 12.1. The molecule has 2 fully saturated rings. The summed E-state index contributed by atoms with van der Waals surface area (Å²) in [5, 5.41) is 0. The number of carbonyl (C=O) groups is 1. The third-order valence-corrected chi connectivity index (χ3v) is 6.19. The van der Waals surface area contributed by atoms with E-state index in [0.717, 1.165) is 25.7 Å². The van der Waals surface area contributed by atoms with Gasteiger partial charge in [-0.3, -0.25) is 4.31 Å². The predicted molar refractivity (Wildman–Crippen MR) is 84.5 cm³/mol. The topological polar surface area (TPSA) is 63.7 Å². The highest BCUT2D eigenvalue weighted by Crippen LogP contribution is 2.25. The number of benzene rings is 1. The van der Waals surface area contributed by atoms with Gasteiger partial charge in [0.2, 0.25) is 10.0 Å². The molecular weight excluding hydrogens is 302 g/mol. The summed E-state index contributed by atoms with van der Waals surface area (Å²) in [5.41, 5.74) is 1.10. The summed E-state index contributed by atoms with van der Waals surface area (Å²) in [7, 11) is -3.18. The number of esters is 1. The Morgan fingerprint density at radius 2 is 1.73 bits per heavy atom. The lowest BCUT2D eigenvalue weighted by Gasteiger charge is -2.22. The fraction of sp³-hybridized carbons (Fsp3) is 0.562. The van der Waals surface area contributed by atoms with Crippen molar-refractivity contribution in [2.45, 2.75) is 44.6 Å². The molecule has 1 aliphatic carbocycles. The molecule has 5 nitrogen and oxygen atoms in total. The Bertz CT molecular complexity index is 633. The van der Waals surface area contributed by atoms with Crippen LogP contribution in [0.25, 0.3) is 0 Å². The van der Waals surface area contributed by atoms with E-state index < -0.39 is 10.0 Å². The van der Waals surface area contributed by atoms with E-state index in [-0.39, 0.29) is 17.8 Å². The van der Waals surface area contributed by atoms with E-state index in [0.29, 0.717) is 24.2 Å². The average Bonchev–Trinajstić information content (AvgIpc) is 2.88. The molecule has 6 heteroatoms. The van der Waals surface area contributed by atoms with Gasteiger partial charge in [-0.05, 0) is 56.4 Å². The van der Waals surface area contributed by atoms with E-state index in [9.17, 15) is 13.2 Å². The minimum Gasteiger partial charge on any atom is -0.459 e. The Labute approximate surface area is 131 Å². The first-order valence-electron chi connectivity index (χ1n) is 7.88. The first-order valence-corrected chi connectivity index (χ1v) is 9.49. The first-order chi connectivity index (χ1) is 10.6. The minimum atomic E-state index is -3.18. The van der Waals surface area contributed by atoms with Crippen molar-refractivity contribution in [3.63, 3.8) is 0 Å². The number of anilines is 1. The highest BCUT2D eigenvalue weighted by molar-refractivity contribution is 7.93. The molecule has 1 aromatic rings. The molecule has 1 heterocycles. The predicted octanol–water partition coefficient (Wildman–Crippen LogP) is 2.72. The number of nitrogens with zero attached hydrogens (tertiary/aromatic N) is 1. The molecule has 1 aromatic carbocycles. The summed E-state index contributed by atoms with van der Waals surface area (Å²) < 4.78 is 30.7. The zero-order valence-electron chi connectivity index (χ0n) is 12.5. The van der Waals surface area contributed by atoms with Crippen molar-refractivity contribution in [1.29, 1.82) is 0 Å². The van der Waals surface area contributed by atoms with E-state index in [4.69, 9.17) is 4.74 Å². The van der Waals surface area contributed by atoms with E-state index >= 15 is 0 Å². The Morgan fingerprint density at radius 3 is 2.32 bits per heavy atom. The fourth-order valence-electron chi connectivity index (χ4n) is 3.10. The quantitative estimate of drug-likeness (QED) is 0.802. The third-order valence-electron chi connectivity index (χ3n) is 4.32. The Morgan fingerprint density at radius 1 is 1.05 bits per heavy atom. The number of carbonyl (C=O) groups excluding carboxylic acids is 1. The summed E-state index contributed by atoms with van der Waals surface area (Å²) in [6.07, 6.45) is 6.00. The average molecular weight is 323 g/mol.